The number of primary sulfonamides is 1. The molecule has 0 unspecified atom stereocenters. The van der Waals surface area contributed by atoms with Crippen LogP contribution < -0.4 is 10.9 Å². The number of rotatable bonds is 3. The highest BCUT2D eigenvalue weighted by atomic mass is 32.2. The van der Waals surface area contributed by atoms with E-state index in [0.29, 0.717) is 12.8 Å². The molecule has 4 N–H and O–H groups in total. The lowest BCUT2D eigenvalue weighted by Crippen LogP contribution is -2.44. The number of carbonyl (C=O) groups excluding carboxylic acids is 2. The summed E-state index contributed by atoms with van der Waals surface area (Å²) in [5.74, 6) is -2.34. The van der Waals surface area contributed by atoms with E-state index in [-0.39, 0.29) is 11.4 Å². The zero-order chi connectivity index (χ0) is 15.8. The summed E-state index contributed by atoms with van der Waals surface area (Å²) in [5.41, 5.74) is 4.75. The van der Waals surface area contributed by atoms with E-state index < -0.39 is 39.3 Å². The van der Waals surface area contributed by atoms with Crippen molar-refractivity contribution in [2.45, 2.75) is 23.8 Å². The van der Waals surface area contributed by atoms with Crippen molar-refractivity contribution in [2.75, 3.05) is 6.54 Å². The van der Waals surface area contributed by atoms with Gasteiger partial charge in [-0.15, -0.1) is 0 Å². The third kappa shape index (κ3) is 3.03. The molecule has 9 heteroatoms. The lowest BCUT2D eigenvalue weighted by atomic mass is 10.1. The number of nitrogens with two attached hydrogens (primary N) is 2. The Balaban J connectivity index is 2.41. The minimum atomic E-state index is -4.06. The second kappa shape index (κ2) is 5.41. The zero-order valence-electron chi connectivity index (χ0n) is 11.0. The number of benzene rings is 1. The van der Waals surface area contributed by atoms with Gasteiger partial charge in [-0.1, -0.05) is 0 Å². The topological polar surface area (TPSA) is 124 Å². The Morgan fingerprint density at radius 1 is 1.33 bits per heavy atom. The summed E-state index contributed by atoms with van der Waals surface area (Å²) in [4.78, 5) is 24.4. The van der Waals surface area contributed by atoms with Crippen LogP contribution in [0.5, 0.6) is 0 Å². The summed E-state index contributed by atoms with van der Waals surface area (Å²) < 4.78 is 36.3. The Labute approximate surface area is 120 Å². The molecule has 0 aromatic heterocycles. The van der Waals surface area contributed by atoms with E-state index in [1.807, 2.05) is 0 Å². The van der Waals surface area contributed by atoms with Crippen LogP contribution in [0.4, 0.5) is 4.39 Å². The molecule has 2 rings (SSSR count). The summed E-state index contributed by atoms with van der Waals surface area (Å²) in [5, 5.41) is 4.96. The van der Waals surface area contributed by atoms with E-state index in [1.54, 1.807) is 0 Å². The number of primary amides is 1. The van der Waals surface area contributed by atoms with Crippen LogP contribution in [-0.4, -0.2) is 37.7 Å². The molecule has 1 aromatic carbocycles. The van der Waals surface area contributed by atoms with Crippen molar-refractivity contribution in [3.05, 3.63) is 29.6 Å². The van der Waals surface area contributed by atoms with Gasteiger partial charge in [-0.25, -0.2) is 17.9 Å². The maximum Gasteiger partial charge on any atom is 0.257 e. The van der Waals surface area contributed by atoms with E-state index in [4.69, 9.17) is 10.9 Å². The molecule has 1 saturated heterocycles. The quantitative estimate of drug-likeness (QED) is 0.785. The van der Waals surface area contributed by atoms with Crippen LogP contribution in [0.1, 0.15) is 23.2 Å². The predicted molar refractivity (Wildman–Crippen MR) is 71.0 cm³/mol. The van der Waals surface area contributed by atoms with Crippen LogP contribution in [0.15, 0.2) is 23.1 Å². The molecule has 2 amide bonds. The Hall–Kier alpha value is -2.00. The first kappa shape index (κ1) is 15.4. The molecule has 0 bridgehead atoms. The summed E-state index contributed by atoms with van der Waals surface area (Å²) >= 11 is 0. The van der Waals surface area contributed by atoms with E-state index in [9.17, 15) is 22.4 Å². The van der Waals surface area contributed by atoms with E-state index in [1.165, 1.54) is 0 Å². The van der Waals surface area contributed by atoms with Crippen LogP contribution in [0.2, 0.25) is 0 Å². The molecule has 7 nitrogen and oxygen atoms in total. The summed E-state index contributed by atoms with van der Waals surface area (Å²) in [6, 6.07) is 1.87. The smallest absolute Gasteiger partial charge is 0.257 e. The minimum Gasteiger partial charge on any atom is -0.368 e. The maximum absolute atomic E-state index is 13.8. The number of sulfonamides is 1. The summed E-state index contributed by atoms with van der Waals surface area (Å²) in [7, 11) is -4.06. The standard InChI is InChI=1S/C12H14FN3O4S/c13-9-4-3-7(21(15,19)20)6-8(9)12(18)16-5-1-2-10(16)11(14)17/h3-4,6,10H,1-2,5H2,(H2,14,17)(H2,15,19,20)/t10-/m1/s1. The molecule has 0 spiro atoms. The fourth-order valence-electron chi connectivity index (χ4n) is 2.31. The molecule has 1 fully saturated rings. The van der Waals surface area contributed by atoms with Crippen molar-refractivity contribution in [1.29, 1.82) is 0 Å². The van der Waals surface area contributed by atoms with Gasteiger partial charge in [-0.3, -0.25) is 9.59 Å². The molecule has 1 aliphatic heterocycles. The van der Waals surface area contributed by atoms with Gasteiger partial charge in [0.15, 0.2) is 0 Å². The molecule has 1 atom stereocenters. The van der Waals surface area contributed by atoms with Crippen molar-refractivity contribution < 1.29 is 22.4 Å². The third-order valence-corrected chi connectivity index (χ3v) is 4.25. The zero-order valence-corrected chi connectivity index (χ0v) is 11.8. The fourth-order valence-corrected chi connectivity index (χ4v) is 2.85. The third-order valence-electron chi connectivity index (χ3n) is 3.34. The highest BCUT2D eigenvalue weighted by molar-refractivity contribution is 7.89. The first-order valence-corrected chi connectivity index (χ1v) is 7.69. The number of likely N-dealkylation sites (tertiary alicyclic amines) is 1. The molecule has 1 aromatic rings. The van der Waals surface area contributed by atoms with Crippen molar-refractivity contribution in [3.8, 4) is 0 Å². The van der Waals surface area contributed by atoms with Crippen molar-refractivity contribution in [2.24, 2.45) is 10.9 Å². The van der Waals surface area contributed by atoms with Gasteiger partial charge >= 0.3 is 0 Å². The van der Waals surface area contributed by atoms with Gasteiger partial charge in [0.05, 0.1) is 10.5 Å². The lowest BCUT2D eigenvalue weighted by Gasteiger charge is -2.22. The molecule has 0 radical (unpaired) electrons. The maximum atomic E-state index is 13.8. The van der Waals surface area contributed by atoms with Crippen LogP contribution >= 0.6 is 0 Å². The van der Waals surface area contributed by atoms with Crippen LogP contribution in [0.3, 0.4) is 0 Å². The molecular formula is C12H14FN3O4S. The van der Waals surface area contributed by atoms with E-state index in [2.05, 4.69) is 0 Å². The van der Waals surface area contributed by atoms with Gasteiger partial charge in [0, 0.05) is 6.54 Å². The highest BCUT2D eigenvalue weighted by Crippen LogP contribution is 2.22. The molecule has 0 saturated carbocycles. The first-order valence-electron chi connectivity index (χ1n) is 6.14. The largest absolute Gasteiger partial charge is 0.368 e. The Morgan fingerprint density at radius 3 is 2.57 bits per heavy atom. The molecule has 0 aliphatic carbocycles. The van der Waals surface area contributed by atoms with Gasteiger partial charge in [0.2, 0.25) is 15.9 Å². The van der Waals surface area contributed by atoms with Gasteiger partial charge < -0.3 is 10.6 Å². The van der Waals surface area contributed by atoms with Crippen molar-refractivity contribution >= 4 is 21.8 Å². The highest BCUT2D eigenvalue weighted by Gasteiger charge is 2.34. The molecule has 1 heterocycles. The normalized spacial score (nSPS) is 18.8. The number of hydrogen-bond donors (Lipinski definition) is 2. The Kier molecular flexibility index (Phi) is 3.97. The fraction of sp³-hybridized carbons (Fsp3) is 0.333. The van der Waals surface area contributed by atoms with Crippen molar-refractivity contribution in [1.82, 2.24) is 4.90 Å². The summed E-state index contributed by atoms with van der Waals surface area (Å²) in [6.07, 6.45) is 0.966. The van der Waals surface area contributed by atoms with E-state index >= 15 is 0 Å². The molecular weight excluding hydrogens is 301 g/mol. The average Bonchev–Trinajstić information content (AvgIpc) is 2.86. The van der Waals surface area contributed by atoms with Gasteiger partial charge in [0.1, 0.15) is 11.9 Å². The number of amides is 2. The Bertz CT molecular complexity index is 704. The van der Waals surface area contributed by atoms with Gasteiger partial charge in [-0.05, 0) is 31.0 Å². The van der Waals surface area contributed by atoms with Crippen LogP contribution in [0, 0.1) is 5.82 Å². The summed E-state index contributed by atoms with van der Waals surface area (Å²) in [6.45, 7) is 0.255. The SMILES string of the molecule is NC(=O)[C@H]1CCCN1C(=O)c1cc(S(N)(=O)=O)ccc1F. The number of carbonyl (C=O) groups is 2. The molecule has 21 heavy (non-hydrogen) atoms. The minimum absolute atomic E-state index is 0.255. The van der Waals surface area contributed by atoms with Gasteiger partial charge in [0.25, 0.3) is 5.91 Å². The number of halogens is 1. The Morgan fingerprint density at radius 2 is 2.00 bits per heavy atom. The van der Waals surface area contributed by atoms with Crippen molar-refractivity contribution in [3.63, 3.8) is 0 Å². The second-order valence-electron chi connectivity index (χ2n) is 4.75. The monoisotopic (exact) mass is 315 g/mol. The predicted octanol–water partition coefficient (Wildman–Crippen LogP) is -0.437. The van der Waals surface area contributed by atoms with E-state index in [0.717, 1.165) is 23.1 Å². The van der Waals surface area contributed by atoms with Crippen LogP contribution in [-0.2, 0) is 14.8 Å². The second-order valence-corrected chi connectivity index (χ2v) is 6.31. The number of nitrogens with zero attached hydrogens (tertiary/aromatic N) is 1. The van der Waals surface area contributed by atoms with Gasteiger partial charge in [-0.2, -0.15) is 0 Å². The molecule has 114 valence electrons. The number of hydrogen-bond acceptors (Lipinski definition) is 4. The molecule has 1 aliphatic rings. The first-order chi connectivity index (χ1) is 9.71. The average molecular weight is 315 g/mol. The van der Waals surface area contributed by atoms with Crippen LogP contribution in [0.25, 0.3) is 0 Å². The lowest BCUT2D eigenvalue weighted by molar-refractivity contribution is -0.121.